The van der Waals surface area contributed by atoms with Crippen molar-refractivity contribution in [2.45, 2.75) is 40.0 Å². The monoisotopic (exact) mass is 629 g/mol. The average Bonchev–Trinajstić information content (AvgIpc) is 3.58. The molecule has 0 saturated heterocycles. The van der Waals surface area contributed by atoms with Gasteiger partial charge in [-0.15, -0.1) is 0 Å². The summed E-state index contributed by atoms with van der Waals surface area (Å²) in [4.78, 5) is 21.3. The van der Waals surface area contributed by atoms with Gasteiger partial charge in [-0.05, 0) is 59.4 Å². The Morgan fingerprint density at radius 2 is 1.80 bits per heavy atom. The lowest BCUT2D eigenvalue weighted by molar-refractivity contribution is 0.145. The van der Waals surface area contributed by atoms with Gasteiger partial charge < -0.3 is 15.4 Å². The fourth-order valence-electron chi connectivity index (χ4n) is 5.13. The largest absolute Gasteiger partial charge is 0.374 e. The molecule has 232 valence electrons. The lowest BCUT2D eigenvalue weighted by Gasteiger charge is -2.23. The van der Waals surface area contributed by atoms with Crippen molar-refractivity contribution >= 4 is 37.9 Å². The van der Waals surface area contributed by atoms with Gasteiger partial charge in [-0.2, -0.15) is 5.10 Å². The lowest BCUT2D eigenvalue weighted by atomic mass is 9.91. The molecule has 6 aromatic rings. The summed E-state index contributed by atoms with van der Waals surface area (Å²) in [6.07, 6.45) is 7.56. The zero-order valence-electron chi connectivity index (χ0n) is 25.1. The number of imidazole rings is 1. The molecule has 0 bridgehead atoms. The number of aromatic nitrogens is 7. The summed E-state index contributed by atoms with van der Waals surface area (Å²) < 4.78 is 40.1. The molecule has 1 aromatic carbocycles. The molecule has 0 aliphatic rings. The normalized spacial score (nSPS) is 13.0. The minimum absolute atomic E-state index is 0.0469. The van der Waals surface area contributed by atoms with Crippen molar-refractivity contribution in [3.63, 3.8) is 0 Å². The zero-order chi connectivity index (χ0) is 31.9. The Morgan fingerprint density at radius 1 is 1.00 bits per heavy atom. The van der Waals surface area contributed by atoms with E-state index in [1.165, 1.54) is 12.1 Å². The van der Waals surface area contributed by atoms with Crippen LogP contribution in [0.4, 0.5) is 10.1 Å². The fourth-order valence-corrected chi connectivity index (χ4v) is 5.56. The number of hydrogen-bond donors (Lipinski definition) is 5. The second-order valence-electron chi connectivity index (χ2n) is 12.2. The third-order valence-corrected chi connectivity index (χ3v) is 7.72. The number of nitrogens with zero attached hydrogens (tertiary/aromatic N) is 5. The summed E-state index contributed by atoms with van der Waals surface area (Å²) >= 11 is 0. The Hall–Kier alpha value is -4.79. The Labute approximate surface area is 258 Å². The van der Waals surface area contributed by atoms with Gasteiger partial charge in [0, 0.05) is 41.8 Å². The maximum absolute atomic E-state index is 14.6. The van der Waals surface area contributed by atoms with Crippen LogP contribution in [0.5, 0.6) is 0 Å². The number of halogens is 1. The van der Waals surface area contributed by atoms with E-state index >= 15 is 0 Å². The van der Waals surface area contributed by atoms with Crippen molar-refractivity contribution in [2.24, 2.45) is 5.41 Å². The fraction of sp³-hybridized carbons (Fsp3) is 0.258. The molecule has 0 aliphatic carbocycles. The van der Waals surface area contributed by atoms with Gasteiger partial charge in [0.15, 0.2) is 17.1 Å². The van der Waals surface area contributed by atoms with E-state index in [0.717, 1.165) is 17.4 Å². The minimum atomic E-state index is -3.45. The van der Waals surface area contributed by atoms with Crippen LogP contribution >= 0.6 is 0 Å². The third kappa shape index (κ3) is 6.98. The topological polar surface area (TPSA) is 174 Å². The molecule has 6 rings (SSSR count). The highest BCUT2D eigenvalue weighted by Crippen LogP contribution is 2.33. The first kappa shape index (κ1) is 30.2. The van der Waals surface area contributed by atoms with Gasteiger partial charge >= 0.3 is 0 Å². The molecule has 0 spiro atoms. The van der Waals surface area contributed by atoms with Crippen LogP contribution in [0.15, 0.2) is 61.2 Å². The molecule has 5 aromatic heterocycles. The standard InChI is InChI=1S/C31H32FN9O3S/c1-31(2,3)12-25(42)37-22-10-19(14-33-16-22)20-11-24-27(40-41-28(24)35-15-20)30-38-26-23(5-6-34-29(26)39-30)18-7-17(8-21(32)9-18)13-36-45(4,43)44/h5-11,14-16,25,36-37,42H,12-13H2,1-4H3,(H,34,38,39)(H,35,40,41). The molecular weight excluding hydrogens is 597 g/mol. The Morgan fingerprint density at radius 3 is 2.58 bits per heavy atom. The molecule has 1 unspecified atom stereocenters. The van der Waals surface area contributed by atoms with Gasteiger partial charge in [-0.1, -0.05) is 20.8 Å². The maximum atomic E-state index is 14.6. The van der Waals surface area contributed by atoms with Crippen molar-refractivity contribution in [2.75, 3.05) is 11.6 Å². The molecule has 0 saturated carbocycles. The Kier molecular flexibility index (Phi) is 7.81. The van der Waals surface area contributed by atoms with Crippen LogP contribution in [-0.4, -0.2) is 61.1 Å². The van der Waals surface area contributed by atoms with Crippen LogP contribution in [-0.2, 0) is 16.6 Å². The summed E-state index contributed by atoms with van der Waals surface area (Å²) in [5.74, 6) is -0.0428. The van der Waals surface area contributed by atoms with Crippen LogP contribution in [0.25, 0.3) is 56.0 Å². The summed E-state index contributed by atoms with van der Waals surface area (Å²) in [6.45, 7) is 6.14. The molecule has 5 heterocycles. The molecule has 0 fully saturated rings. The van der Waals surface area contributed by atoms with Crippen LogP contribution in [0.3, 0.4) is 0 Å². The van der Waals surface area contributed by atoms with Crippen molar-refractivity contribution in [1.29, 1.82) is 0 Å². The number of pyridine rings is 3. The number of H-pyrrole nitrogens is 2. The predicted molar refractivity (Wildman–Crippen MR) is 171 cm³/mol. The molecular formula is C31H32FN9O3S. The second kappa shape index (κ2) is 11.6. The van der Waals surface area contributed by atoms with Crippen LogP contribution in [0, 0.1) is 11.2 Å². The quantitative estimate of drug-likeness (QED) is 0.138. The number of benzene rings is 1. The highest BCUT2D eigenvalue weighted by Gasteiger charge is 2.19. The number of hydrogen-bond acceptors (Lipinski definition) is 9. The van der Waals surface area contributed by atoms with Crippen LogP contribution in [0.2, 0.25) is 0 Å². The number of aliphatic hydroxyl groups is 1. The molecule has 0 aliphatic heterocycles. The van der Waals surface area contributed by atoms with Gasteiger partial charge in [0.25, 0.3) is 0 Å². The molecule has 45 heavy (non-hydrogen) atoms. The Balaban J connectivity index is 1.34. The molecule has 12 nitrogen and oxygen atoms in total. The van der Waals surface area contributed by atoms with E-state index < -0.39 is 22.1 Å². The first-order chi connectivity index (χ1) is 21.3. The van der Waals surface area contributed by atoms with E-state index in [1.807, 2.05) is 12.1 Å². The SMILES string of the molecule is CC(C)(C)CC(O)Nc1cncc(-c2cnc3n[nH]c(-c4nc5nccc(-c6cc(F)cc(CNS(C)(=O)=O)c6)c5[nH]4)c3c2)c1. The summed E-state index contributed by atoms with van der Waals surface area (Å²) in [6, 6.07) is 9.96. The molecule has 5 N–H and O–H groups in total. The second-order valence-corrected chi connectivity index (χ2v) is 14.0. The van der Waals surface area contributed by atoms with Gasteiger partial charge in [-0.3, -0.25) is 10.1 Å². The number of aromatic amines is 2. The average molecular weight is 630 g/mol. The predicted octanol–water partition coefficient (Wildman–Crippen LogP) is 4.98. The smallest absolute Gasteiger partial charge is 0.209 e. The number of fused-ring (bicyclic) bond motifs is 2. The number of nitrogens with one attached hydrogen (secondary N) is 4. The highest BCUT2D eigenvalue weighted by molar-refractivity contribution is 7.88. The van der Waals surface area contributed by atoms with Crippen molar-refractivity contribution in [1.82, 2.24) is 39.8 Å². The lowest BCUT2D eigenvalue weighted by Crippen LogP contribution is -2.25. The minimum Gasteiger partial charge on any atom is -0.374 e. The molecule has 14 heteroatoms. The summed E-state index contributed by atoms with van der Waals surface area (Å²) in [7, 11) is -3.45. The zero-order valence-corrected chi connectivity index (χ0v) is 25.9. The number of sulfonamides is 1. The number of anilines is 1. The van der Waals surface area contributed by atoms with E-state index in [9.17, 15) is 17.9 Å². The van der Waals surface area contributed by atoms with E-state index in [-0.39, 0.29) is 12.0 Å². The number of aliphatic hydroxyl groups excluding tert-OH is 1. The van der Waals surface area contributed by atoms with E-state index in [2.05, 4.69) is 65.9 Å². The van der Waals surface area contributed by atoms with Gasteiger partial charge in [0.2, 0.25) is 10.0 Å². The van der Waals surface area contributed by atoms with Gasteiger partial charge in [-0.25, -0.2) is 32.5 Å². The van der Waals surface area contributed by atoms with Gasteiger partial charge in [0.05, 0.1) is 29.0 Å². The first-order valence-electron chi connectivity index (χ1n) is 14.1. The van der Waals surface area contributed by atoms with Crippen molar-refractivity contribution in [3.8, 4) is 33.8 Å². The summed E-state index contributed by atoms with van der Waals surface area (Å²) in [5.41, 5.74) is 5.92. The highest BCUT2D eigenvalue weighted by atomic mass is 32.2. The molecule has 0 amide bonds. The Bertz CT molecular complexity index is 2140. The first-order valence-corrected chi connectivity index (χ1v) is 16.0. The third-order valence-electron chi connectivity index (χ3n) is 7.06. The van der Waals surface area contributed by atoms with Crippen molar-refractivity contribution < 1.29 is 17.9 Å². The van der Waals surface area contributed by atoms with E-state index in [1.54, 1.807) is 36.9 Å². The van der Waals surface area contributed by atoms with Crippen molar-refractivity contribution in [3.05, 3.63) is 72.6 Å². The van der Waals surface area contributed by atoms with E-state index in [4.69, 9.17) is 0 Å². The van der Waals surface area contributed by atoms with E-state index in [0.29, 0.717) is 62.5 Å². The number of rotatable bonds is 9. The maximum Gasteiger partial charge on any atom is 0.209 e. The molecule has 1 atom stereocenters. The van der Waals surface area contributed by atoms with Crippen LogP contribution in [0.1, 0.15) is 32.8 Å². The van der Waals surface area contributed by atoms with Gasteiger partial charge in [0.1, 0.15) is 17.7 Å². The van der Waals surface area contributed by atoms with Crippen LogP contribution < -0.4 is 10.0 Å². The molecule has 0 radical (unpaired) electrons. The summed E-state index contributed by atoms with van der Waals surface area (Å²) in [5, 5.41) is 21.7.